The average Bonchev–Trinajstić information content (AvgIpc) is 3.50. The van der Waals surface area contributed by atoms with E-state index in [9.17, 15) is 29.1 Å². The number of esters is 2. The Balaban J connectivity index is 1.72. The van der Waals surface area contributed by atoms with Gasteiger partial charge in [0.05, 0.1) is 30.4 Å². The van der Waals surface area contributed by atoms with E-state index in [1.165, 1.54) is 10.8 Å². The van der Waals surface area contributed by atoms with Crippen LogP contribution in [0.3, 0.4) is 0 Å². The van der Waals surface area contributed by atoms with Crippen LogP contribution < -0.4 is 10.6 Å². The lowest BCUT2D eigenvalue weighted by molar-refractivity contribution is -0.156. The number of alkyl carbamates (subject to hydrolysis) is 1. The molecule has 2 aromatic rings. The summed E-state index contributed by atoms with van der Waals surface area (Å²) in [4.78, 5) is 66.4. The Hall–Kier alpha value is -4.39. The third kappa shape index (κ3) is 7.19. The maximum absolute atomic E-state index is 14.2. The minimum Gasteiger partial charge on any atom is -0.464 e. The van der Waals surface area contributed by atoms with Gasteiger partial charge in [-0.05, 0) is 60.1 Å². The number of nitrogens with one attached hydrogen (secondary N) is 2. The number of benzene rings is 1. The van der Waals surface area contributed by atoms with Crippen molar-refractivity contribution in [1.82, 2.24) is 15.2 Å². The second kappa shape index (κ2) is 12.8. The molecule has 1 unspecified atom stereocenters. The molecular weight excluding hydrogens is 598 g/mol. The molecule has 2 amide bonds. The molecule has 3 N–H and O–H groups in total. The number of hydrogen-bond donors (Lipinski definition) is 3. The van der Waals surface area contributed by atoms with Gasteiger partial charge in [-0.1, -0.05) is 24.8 Å². The van der Waals surface area contributed by atoms with Crippen molar-refractivity contribution >= 4 is 40.9 Å². The zero-order valence-corrected chi connectivity index (χ0v) is 27.2. The largest absolute Gasteiger partial charge is 0.464 e. The Kier molecular flexibility index (Phi) is 9.58. The molecule has 0 spiro atoms. The van der Waals surface area contributed by atoms with Crippen LogP contribution in [0.2, 0.25) is 0 Å². The van der Waals surface area contributed by atoms with Gasteiger partial charge in [0.25, 0.3) is 0 Å². The van der Waals surface area contributed by atoms with Crippen molar-refractivity contribution in [1.29, 1.82) is 0 Å². The Labute approximate surface area is 267 Å². The maximum atomic E-state index is 14.2. The number of nitrogens with zero attached hydrogens (tertiary/aromatic N) is 1. The summed E-state index contributed by atoms with van der Waals surface area (Å²) in [5.41, 5.74) is -2.40. The summed E-state index contributed by atoms with van der Waals surface area (Å²) >= 11 is 0. The molecular formula is C33H43N3O10. The van der Waals surface area contributed by atoms with Crippen LogP contribution in [0.15, 0.2) is 43.3 Å². The number of para-hydroxylation sites is 1. The fourth-order valence-electron chi connectivity index (χ4n) is 6.24. The zero-order chi connectivity index (χ0) is 34.2. The summed E-state index contributed by atoms with van der Waals surface area (Å²) in [6, 6.07) is 5.70. The van der Waals surface area contributed by atoms with Crippen LogP contribution >= 0.6 is 0 Å². The van der Waals surface area contributed by atoms with Gasteiger partial charge in [0.15, 0.2) is 0 Å². The van der Waals surface area contributed by atoms with Crippen molar-refractivity contribution in [2.45, 2.75) is 90.2 Å². The van der Waals surface area contributed by atoms with Crippen LogP contribution in [0.1, 0.15) is 60.5 Å². The molecule has 1 heterocycles. The first-order valence-electron chi connectivity index (χ1n) is 15.2. The van der Waals surface area contributed by atoms with E-state index < -0.39 is 76.7 Å². The number of fused-ring (bicyclic) bond motifs is 2. The minimum atomic E-state index is -1.78. The van der Waals surface area contributed by atoms with Crippen LogP contribution in [0, 0.1) is 17.8 Å². The summed E-state index contributed by atoms with van der Waals surface area (Å²) in [7, 11) is 0. The molecule has 2 saturated carbocycles. The van der Waals surface area contributed by atoms with E-state index in [2.05, 4.69) is 17.2 Å². The molecule has 250 valence electrons. The van der Waals surface area contributed by atoms with E-state index in [4.69, 9.17) is 18.9 Å². The number of amides is 2. The summed E-state index contributed by atoms with van der Waals surface area (Å²) < 4.78 is 22.6. The predicted molar refractivity (Wildman–Crippen MR) is 165 cm³/mol. The second-order valence-electron chi connectivity index (χ2n) is 13.6. The molecule has 6 atom stereocenters. The van der Waals surface area contributed by atoms with Crippen molar-refractivity contribution in [2.24, 2.45) is 17.8 Å². The van der Waals surface area contributed by atoms with Gasteiger partial charge in [0.2, 0.25) is 5.91 Å². The molecule has 2 aliphatic rings. The van der Waals surface area contributed by atoms with Crippen molar-refractivity contribution in [3.05, 3.63) is 48.9 Å². The fourth-order valence-corrected chi connectivity index (χ4v) is 6.24. The second-order valence-corrected chi connectivity index (χ2v) is 13.6. The summed E-state index contributed by atoms with van der Waals surface area (Å²) in [6.45, 7) is 15.2. The first kappa shape index (κ1) is 34.5. The standard InChI is InChI=1S/C33H43N3O10/c1-9-43-27(39)24-23-22(37)16-33(25(23)24,28(40)44-10-2)35-26(38)20(34-29(41)45-31(3,4)5)15-18-17-36(30(42)46-32(6,7)8)21-14-12-11-13-19(18)21/h9,11-14,17,20,22-25,37H,1,10,15-16H2,2-8H3,(H,34,41)(H,35,38)/t20?,22-,23-,24-,25-,33-/m0/s1. The molecule has 2 fully saturated rings. The molecule has 0 radical (unpaired) electrons. The van der Waals surface area contributed by atoms with Crippen molar-refractivity contribution in [2.75, 3.05) is 6.61 Å². The van der Waals surface area contributed by atoms with Gasteiger partial charge >= 0.3 is 24.1 Å². The van der Waals surface area contributed by atoms with Gasteiger partial charge in [-0.3, -0.25) is 14.2 Å². The summed E-state index contributed by atoms with van der Waals surface area (Å²) in [6.07, 6.45) is -0.468. The normalized spacial score (nSPS) is 24.3. The van der Waals surface area contributed by atoms with Gasteiger partial charge in [0.1, 0.15) is 22.8 Å². The number of hydrogen-bond acceptors (Lipinski definition) is 10. The van der Waals surface area contributed by atoms with E-state index >= 15 is 0 Å². The Morgan fingerprint density at radius 2 is 1.74 bits per heavy atom. The van der Waals surface area contributed by atoms with Gasteiger partial charge in [-0.25, -0.2) is 14.4 Å². The average molecular weight is 642 g/mol. The molecule has 0 saturated heterocycles. The highest BCUT2D eigenvalue weighted by atomic mass is 16.6. The van der Waals surface area contributed by atoms with Gasteiger partial charge < -0.3 is 34.7 Å². The Bertz CT molecular complexity index is 1530. The quantitative estimate of drug-likeness (QED) is 0.209. The number of carbonyl (C=O) groups is 5. The highest BCUT2D eigenvalue weighted by molar-refractivity contribution is 5.96. The SMILES string of the molecule is C=COC(=O)[C@H]1[C@H]2[C@@H]1[C@](NC(=O)C(Cc1cn(C(=O)OC(C)(C)C)c3ccccc13)NC(=O)OC(C)(C)C)(C(=O)OCC)C[C@@H]2O. The highest BCUT2D eigenvalue weighted by Crippen LogP contribution is 2.63. The molecule has 13 nitrogen and oxygen atoms in total. The summed E-state index contributed by atoms with van der Waals surface area (Å²) in [5.74, 6) is -4.64. The van der Waals surface area contributed by atoms with Crippen molar-refractivity contribution in [3.8, 4) is 0 Å². The molecule has 4 rings (SSSR count). The topological polar surface area (TPSA) is 171 Å². The van der Waals surface area contributed by atoms with Crippen molar-refractivity contribution < 1.29 is 48.0 Å². The van der Waals surface area contributed by atoms with Crippen LogP contribution in [0.5, 0.6) is 0 Å². The lowest BCUT2D eigenvalue weighted by Gasteiger charge is -2.33. The highest BCUT2D eigenvalue weighted by Gasteiger charge is 2.76. The van der Waals surface area contributed by atoms with Gasteiger partial charge in [0, 0.05) is 36.3 Å². The molecule has 0 bridgehead atoms. The van der Waals surface area contributed by atoms with Crippen LogP contribution in [0.25, 0.3) is 10.9 Å². The van der Waals surface area contributed by atoms with E-state index in [0.717, 1.165) is 6.26 Å². The number of carbonyl (C=O) groups excluding carboxylic acids is 5. The van der Waals surface area contributed by atoms with E-state index in [0.29, 0.717) is 16.5 Å². The zero-order valence-electron chi connectivity index (χ0n) is 27.2. The molecule has 13 heteroatoms. The van der Waals surface area contributed by atoms with E-state index in [1.807, 2.05) is 0 Å². The third-order valence-corrected chi connectivity index (χ3v) is 7.89. The molecule has 46 heavy (non-hydrogen) atoms. The maximum Gasteiger partial charge on any atom is 0.419 e. The fraction of sp³-hybridized carbons (Fsp3) is 0.545. The molecule has 2 aliphatic carbocycles. The third-order valence-electron chi connectivity index (χ3n) is 7.89. The first-order chi connectivity index (χ1) is 21.4. The number of aliphatic hydroxyl groups is 1. The van der Waals surface area contributed by atoms with Gasteiger partial charge in [-0.15, -0.1) is 0 Å². The molecule has 1 aromatic carbocycles. The van der Waals surface area contributed by atoms with E-state index in [-0.39, 0.29) is 19.4 Å². The Morgan fingerprint density at radius 1 is 1.09 bits per heavy atom. The first-order valence-corrected chi connectivity index (χ1v) is 15.2. The lowest BCUT2D eigenvalue weighted by atomic mass is 9.88. The molecule has 1 aromatic heterocycles. The lowest BCUT2D eigenvalue weighted by Crippen LogP contribution is -2.62. The monoisotopic (exact) mass is 641 g/mol. The van der Waals surface area contributed by atoms with E-state index in [1.54, 1.807) is 72.7 Å². The smallest absolute Gasteiger partial charge is 0.419 e. The van der Waals surface area contributed by atoms with Crippen LogP contribution in [-0.2, 0) is 39.8 Å². The number of ether oxygens (including phenoxy) is 4. The molecule has 0 aliphatic heterocycles. The van der Waals surface area contributed by atoms with Gasteiger partial charge in [-0.2, -0.15) is 0 Å². The minimum absolute atomic E-state index is 0.0184. The van der Waals surface area contributed by atoms with Crippen LogP contribution in [0.4, 0.5) is 9.59 Å². The summed E-state index contributed by atoms with van der Waals surface area (Å²) in [5, 5.41) is 16.8. The number of rotatable bonds is 9. The van der Waals surface area contributed by atoms with Crippen molar-refractivity contribution in [3.63, 3.8) is 0 Å². The number of aromatic nitrogens is 1. The van der Waals surface area contributed by atoms with Crippen LogP contribution in [-0.4, -0.2) is 75.2 Å². The predicted octanol–water partition coefficient (Wildman–Crippen LogP) is 3.59. The Morgan fingerprint density at radius 3 is 2.35 bits per heavy atom. The number of aliphatic hydroxyl groups excluding tert-OH is 1.